The molecule has 0 aromatic heterocycles. The van der Waals surface area contributed by atoms with Crippen molar-refractivity contribution in [1.29, 1.82) is 0 Å². The maximum Gasteiger partial charge on any atom is 0.673 e. The van der Waals surface area contributed by atoms with E-state index in [0.29, 0.717) is 39.6 Å². The Morgan fingerprint density at radius 2 is 1.03 bits per heavy atom. The lowest BCUT2D eigenvalue weighted by atomic mass is 10.3. The Labute approximate surface area is 185 Å². The van der Waals surface area contributed by atoms with Crippen LogP contribution in [0, 0.1) is 7.14 Å². The maximum atomic E-state index is 9.75. The van der Waals surface area contributed by atoms with Crippen molar-refractivity contribution < 1.29 is 57.4 Å². The average molecular weight is 544 g/mol. The number of hydrogen-bond acceptors (Lipinski definition) is 4. The van der Waals surface area contributed by atoms with Gasteiger partial charge in [0, 0.05) is 13.2 Å². The molecule has 168 valence electrons. The highest BCUT2D eigenvalue weighted by Crippen LogP contribution is 2.11. The van der Waals surface area contributed by atoms with Gasteiger partial charge in [0.05, 0.1) is 13.2 Å². The minimum Gasteiger partial charge on any atom is -0.486 e. The van der Waals surface area contributed by atoms with Crippen LogP contribution in [0.4, 0.5) is 17.3 Å². The first-order chi connectivity index (χ1) is 14.3. The summed E-state index contributed by atoms with van der Waals surface area (Å²) in [5.41, 5.74) is 0. The lowest BCUT2D eigenvalue weighted by Gasteiger charge is -2.07. The summed E-state index contributed by atoms with van der Waals surface area (Å²) < 4.78 is 64.0. The van der Waals surface area contributed by atoms with Gasteiger partial charge in [0.2, 0.25) is 7.14 Å². The van der Waals surface area contributed by atoms with E-state index in [1.807, 2.05) is 38.1 Å². The van der Waals surface area contributed by atoms with E-state index in [2.05, 4.69) is 24.3 Å². The standard InChI is InChI=1S/C20H26IO4.BF4/c1-3-22-13-15-24-19-11-7-5-9-17(19)21-18-10-6-8-12-20(18)25-16-14-23-4-2;2-1(3,4)5/h5-12H,3-4,13-16H2,1-2H3;/q+1;-1. The zero-order chi connectivity index (χ0) is 22.2. The van der Waals surface area contributed by atoms with Crippen LogP contribution >= 0.6 is 0 Å². The Kier molecular flexibility index (Phi) is 13.5. The van der Waals surface area contributed by atoms with E-state index in [9.17, 15) is 17.3 Å². The Hall–Kier alpha value is -1.53. The summed E-state index contributed by atoms with van der Waals surface area (Å²) in [6, 6.07) is 16.5. The van der Waals surface area contributed by atoms with Gasteiger partial charge in [-0.25, -0.2) is 0 Å². The van der Waals surface area contributed by atoms with Crippen LogP contribution in [0.2, 0.25) is 0 Å². The van der Waals surface area contributed by atoms with E-state index >= 15 is 0 Å². The molecule has 10 heteroatoms. The Morgan fingerprint density at radius 1 is 0.667 bits per heavy atom. The fourth-order valence-corrected chi connectivity index (χ4v) is 4.70. The van der Waals surface area contributed by atoms with E-state index in [1.54, 1.807) is 0 Å². The smallest absolute Gasteiger partial charge is 0.486 e. The van der Waals surface area contributed by atoms with Crippen LogP contribution in [0.25, 0.3) is 0 Å². The molecule has 4 nitrogen and oxygen atoms in total. The number of halogens is 5. The molecule has 0 bridgehead atoms. The normalized spacial score (nSPS) is 10.9. The minimum atomic E-state index is -6.00. The van der Waals surface area contributed by atoms with Gasteiger partial charge >= 0.3 is 28.5 Å². The minimum absolute atomic E-state index is 0.398. The van der Waals surface area contributed by atoms with Gasteiger partial charge in [-0.15, -0.1) is 0 Å². The zero-order valence-electron chi connectivity index (χ0n) is 17.0. The molecule has 2 rings (SSSR count). The number of rotatable bonds is 12. The molecular weight excluding hydrogens is 518 g/mol. The van der Waals surface area contributed by atoms with Gasteiger partial charge in [0.25, 0.3) is 0 Å². The molecule has 30 heavy (non-hydrogen) atoms. The summed E-state index contributed by atoms with van der Waals surface area (Å²) in [7, 11) is -6.00. The highest BCUT2D eigenvalue weighted by Gasteiger charge is 2.24. The molecule has 0 amide bonds. The number of hydrogen-bond donors (Lipinski definition) is 0. The lowest BCUT2D eigenvalue weighted by Crippen LogP contribution is -3.61. The lowest BCUT2D eigenvalue weighted by molar-refractivity contribution is -0.599. The van der Waals surface area contributed by atoms with Crippen LogP contribution in [0.15, 0.2) is 48.5 Å². The molecule has 2 aromatic rings. The van der Waals surface area contributed by atoms with E-state index in [0.717, 1.165) is 11.5 Å². The Morgan fingerprint density at radius 3 is 1.40 bits per heavy atom. The Balaban J connectivity index is 0.000000804. The monoisotopic (exact) mass is 544 g/mol. The second-order valence-corrected chi connectivity index (χ2v) is 8.40. The van der Waals surface area contributed by atoms with Crippen molar-refractivity contribution in [3.8, 4) is 11.5 Å². The highest BCUT2D eigenvalue weighted by molar-refractivity contribution is 6.50. The van der Waals surface area contributed by atoms with Crippen LogP contribution < -0.4 is 30.7 Å². The third-order valence-corrected chi connectivity index (χ3v) is 6.20. The van der Waals surface area contributed by atoms with Crippen molar-refractivity contribution in [2.24, 2.45) is 0 Å². The van der Waals surface area contributed by atoms with Crippen LogP contribution in [0.1, 0.15) is 13.8 Å². The molecule has 0 saturated heterocycles. The molecule has 0 heterocycles. The Bertz CT molecular complexity index is 660. The molecule has 0 aliphatic rings. The molecule has 0 aliphatic carbocycles. The van der Waals surface area contributed by atoms with Gasteiger partial charge in [0.1, 0.15) is 13.2 Å². The van der Waals surface area contributed by atoms with E-state index in [1.165, 1.54) is 7.14 Å². The summed E-state index contributed by atoms with van der Waals surface area (Å²) in [4.78, 5) is 0. The quantitative estimate of drug-likeness (QED) is 0.177. The molecule has 0 unspecified atom stereocenters. The first kappa shape index (κ1) is 26.5. The number of para-hydroxylation sites is 2. The summed E-state index contributed by atoms with van der Waals surface area (Å²) in [5.74, 6) is 1.89. The van der Waals surface area contributed by atoms with E-state index < -0.39 is 28.5 Å². The van der Waals surface area contributed by atoms with Gasteiger partial charge in [-0.05, 0) is 38.1 Å². The van der Waals surface area contributed by atoms with Gasteiger partial charge in [0.15, 0.2) is 11.5 Å². The van der Waals surface area contributed by atoms with Crippen molar-refractivity contribution >= 4 is 7.25 Å². The van der Waals surface area contributed by atoms with Crippen LogP contribution in [-0.2, 0) is 9.47 Å². The number of ether oxygens (including phenoxy) is 4. The van der Waals surface area contributed by atoms with Crippen LogP contribution in [0.5, 0.6) is 11.5 Å². The fourth-order valence-electron chi connectivity index (χ4n) is 2.10. The SMILES string of the molecule is CCOCCOc1ccccc1[I+]c1ccccc1OCCOCC.F[B-](F)(F)F. The molecule has 0 radical (unpaired) electrons. The van der Waals surface area contributed by atoms with Crippen molar-refractivity contribution in [2.75, 3.05) is 39.6 Å². The van der Waals surface area contributed by atoms with Gasteiger partial charge in [-0.1, -0.05) is 24.3 Å². The second-order valence-electron chi connectivity index (χ2n) is 5.54. The summed E-state index contributed by atoms with van der Waals surface area (Å²) in [6.45, 7) is 7.77. The maximum absolute atomic E-state index is 9.75. The average Bonchev–Trinajstić information content (AvgIpc) is 2.70. The van der Waals surface area contributed by atoms with Crippen LogP contribution in [0.3, 0.4) is 0 Å². The van der Waals surface area contributed by atoms with Crippen molar-refractivity contribution in [3.63, 3.8) is 0 Å². The van der Waals surface area contributed by atoms with E-state index in [-0.39, 0.29) is 0 Å². The summed E-state index contributed by atoms with van der Waals surface area (Å²) in [5, 5.41) is 0. The predicted octanol–water partition coefficient (Wildman–Crippen LogP) is 1.95. The third-order valence-electron chi connectivity index (χ3n) is 3.26. The molecule has 0 saturated carbocycles. The summed E-state index contributed by atoms with van der Waals surface area (Å²) in [6.07, 6.45) is 0. The first-order valence-electron chi connectivity index (χ1n) is 9.46. The van der Waals surface area contributed by atoms with Crippen molar-refractivity contribution in [3.05, 3.63) is 55.7 Å². The van der Waals surface area contributed by atoms with Gasteiger partial charge < -0.3 is 36.2 Å². The summed E-state index contributed by atoms with van der Waals surface area (Å²) >= 11 is -0.398. The topological polar surface area (TPSA) is 36.9 Å². The molecule has 0 spiro atoms. The molecular formula is C20H26BF4IO4. The highest BCUT2D eigenvalue weighted by atomic mass is 127. The fraction of sp³-hybridized carbons (Fsp3) is 0.400. The van der Waals surface area contributed by atoms with Crippen LogP contribution in [-0.4, -0.2) is 46.9 Å². The van der Waals surface area contributed by atoms with Crippen molar-refractivity contribution in [2.45, 2.75) is 13.8 Å². The third kappa shape index (κ3) is 12.9. The molecule has 0 aliphatic heterocycles. The molecule has 0 fully saturated rings. The van der Waals surface area contributed by atoms with Gasteiger partial charge in [-0.2, -0.15) is 0 Å². The number of benzene rings is 2. The molecule has 0 atom stereocenters. The van der Waals surface area contributed by atoms with E-state index in [4.69, 9.17) is 18.9 Å². The predicted molar refractivity (Wildman–Crippen MR) is 104 cm³/mol. The van der Waals surface area contributed by atoms with Crippen molar-refractivity contribution in [1.82, 2.24) is 0 Å². The molecule has 0 N–H and O–H groups in total. The first-order valence-corrected chi connectivity index (χ1v) is 11.6. The zero-order valence-corrected chi connectivity index (χ0v) is 19.1. The molecule has 2 aromatic carbocycles. The largest absolute Gasteiger partial charge is 0.673 e. The second kappa shape index (κ2) is 15.3. The van der Waals surface area contributed by atoms with Gasteiger partial charge in [-0.3, -0.25) is 0 Å².